The van der Waals surface area contributed by atoms with E-state index in [1.165, 1.54) is 38.0 Å². The van der Waals surface area contributed by atoms with Gasteiger partial charge in [0, 0.05) is 6.07 Å². The number of methoxy groups -OCH3 is 2. The molecule has 0 saturated heterocycles. The Morgan fingerprint density at radius 2 is 1.81 bits per heavy atom. The molecule has 0 bridgehead atoms. The second-order valence-electron chi connectivity index (χ2n) is 5.60. The standard InChI is InChI=1S/C20H22O5S/c1-4-17(12-8-11-16-9-6-5-7-10-16)25-26(21,22)20-14-13-18(23-2)15-19(20)24-3/h1,5-7,9-10,13-15,17H,8,11-12H2,2-3H3. The zero-order valence-electron chi connectivity index (χ0n) is 14.8. The van der Waals surface area contributed by atoms with Crippen molar-refractivity contribution in [2.45, 2.75) is 30.3 Å². The Morgan fingerprint density at radius 3 is 2.42 bits per heavy atom. The minimum Gasteiger partial charge on any atom is -0.497 e. The van der Waals surface area contributed by atoms with Gasteiger partial charge in [-0.3, -0.25) is 0 Å². The van der Waals surface area contributed by atoms with Gasteiger partial charge in [0.25, 0.3) is 0 Å². The highest BCUT2D eigenvalue weighted by Gasteiger charge is 2.24. The first kappa shape index (κ1) is 19.8. The highest BCUT2D eigenvalue weighted by Crippen LogP contribution is 2.30. The van der Waals surface area contributed by atoms with E-state index in [0.29, 0.717) is 18.6 Å². The third-order valence-corrected chi connectivity index (χ3v) is 5.21. The third-order valence-electron chi connectivity index (χ3n) is 3.84. The Bertz CT molecular complexity index is 854. The molecule has 0 aromatic heterocycles. The topological polar surface area (TPSA) is 61.8 Å². The summed E-state index contributed by atoms with van der Waals surface area (Å²) in [6.45, 7) is 0. The van der Waals surface area contributed by atoms with Gasteiger partial charge >= 0.3 is 10.1 Å². The lowest BCUT2D eigenvalue weighted by Gasteiger charge is -2.15. The molecule has 1 atom stereocenters. The molecule has 0 spiro atoms. The van der Waals surface area contributed by atoms with Gasteiger partial charge in [0.05, 0.1) is 14.2 Å². The fourth-order valence-corrected chi connectivity index (χ4v) is 3.67. The number of hydrogen-bond donors (Lipinski definition) is 0. The van der Waals surface area contributed by atoms with Gasteiger partial charge in [-0.15, -0.1) is 6.42 Å². The minimum absolute atomic E-state index is 0.0795. The van der Waals surface area contributed by atoms with Crippen molar-refractivity contribution in [2.75, 3.05) is 14.2 Å². The van der Waals surface area contributed by atoms with Gasteiger partial charge in [-0.1, -0.05) is 36.3 Å². The molecular weight excluding hydrogens is 352 g/mol. The first-order chi connectivity index (χ1) is 12.5. The van der Waals surface area contributed by atoms with E-state index in [1.807, 2.05) is 30.3 Å². The van der Waals surface area contributed by atoms with Crippen LogP contribution in [0.2, 0.25) is 0 Å². The van der Waals surface area contributed by atoms with Crippen molar-refractivity contribution in [2.24, 2.45) is 0 Å². The highest BCUT2D eigenvalue weighted by atomic mass is 32.2. The van der Waals surface area contributed by atoms with Crippen LogP contribution in [-0.2, 0) is 20.7 Å². The lowest BCUT2D eigenvalue weighted by molar-refractivity contribution is 0.249. The van der Waals surface area contributed by atoms with Crippen molar-refractivity contribution >= 4 is 10.1 Å². The van der Waals surface area contributed by atoms with Gasteiger partial charge in [0.2, 0.25) is 0 Å². The molecule has 1 unspecified atom stereocenters. The van der Waals surface area contributed by atoms with E-state index >= 15 is 0 Å². The molecule has 0 aliphatic carbocycles. The summed E-state index contributed by atoms with van der Waals surface area (Å²) in [4.78, 5) is -0.0795. The van der Waals surface area contributed by atoms with Crippen LogP contribution in [0, 0.1) is 12.3 Å². The van der Waals surface area contributed by atoms with E-state index < -0.39 is 16.2 Å². The average Bonchev–Trinajstić information content (AvgIpc) is 2.67. The molecule has 26 heavy (non-hydrogen) atoms. The second kappa shape index (κ2) is 9.27. The number of benzene rings is 2. The summed E-state index contributed by atoms with van der Waals surface area (Å²) in [5.74, 6) is 3.03. The van der Waals surface area contributed by atoms with Crippen LogP contribution in [0.3, 0.4) is 0 Å². The Hall–Kier alpha value is -2.49. The van der Waals surface area contributed by atoms with Crippen molar-refractivity contribution in [1.29, 1.82) is 0 Å². The Labute approximate surface area is 155 Å². The van der Waals surface area contributed by atoms with Crippen LogP contribution in [0.25, 0.3) is 0 Å². The minimum atomic E-state index is -4.06. The van der Waals surface area contributed by atoms with E-state index in [0.717, 1.165) is 6.42 Å². The zero-order valence-corrected chi connectivity index (χ0v) is 15.7. The van der Waals surface area contributed by atoms with Crippen LogP contribution in [0.1, 0.15) is 18.4 Å². The monoisotopic (exact) mass is 374 g/mol. The van der Waals surface area contributed by atoms with E-state index in [4.69, 9.17) is 20.1 Å². The Balaban J connectivity index is 2.05. The molecule has 0 amide bonds. The van der Waals surface area contributed by atoms with Crippen LogP contribution in [0.5, 0.6) is 11.5 Å². The molecule has 2 aromatic rings. The normalized spacial score (nSPS) is 12.2. The summed E-state index contributed by atoms with van der Waals surface area (Å²) in [6.07, 6.45) is 6.58. The smallest absolute Gasteiger partial charge is 0.301 e. The lowest BCUT2D eigenvalue weighted by atomic mass is 10.1. The van der Waals surface area contributed by atoms with Crippen molar-refractivity contribution in [1.82, 2.24) is 0 Å². The molecule has 2 aromatic carbocycles. The summed E-state index contributed by atoms with van der Waals surface area (Å²) in [7, 11) is -1.19. The zero-order chi connectivity index (χ0) is 19.0. The van der Waals surface area contributed by atoms with Crippen LogP contribution in [-0.4, -0.2) is 28.7 Å². The third kappa shape index (κ3) is 5.25. The summed E-state index contributed by atoms with van der Waals surface area (Å²) in [6, 6.07) is 14.3. The predicted octanol–water partition coefficient (Wildman–Crippen LogP) is 3.43. The fraction of sp³-hybridized carbons (Fsp3) is 0.300. The van der Waals surface area contributed by atoms with E-state index in [9.17, 15) is 8.42 Å². The predicted molar refractivity (Wildman–Crippen MR) is 99.8 cm³/mol. The van der Waals surface area contributed by atoms with Gasteiger partial charge < -0.3 is 9.47 Å². The quantitative estimate of drug-likeness (QED) is 0.497. The fourth-order valence-electron chi connectivity index (χ4n) is 2.48. The number of hydrogen-bond acceptors (Lipinski definition) is 5. The molecule has 2 rings (SSSR count). The maximum Gasteiger partial charge on any atom is 0.301 e. The maximum absolute atomic E-state index is 12.6. The van der Waals surface area contributed by atoms with Gasteiger partial charge in [-0.25, -0.2) is 4.18 Å². The van der Waals surface area contributed by atoms with Crippen LogP contribution < -0.4 is 9.47 Å². The van der Waals surface area contributed by atoms with Crippen molar-refractivity contribution in [3.05, 3.63) is 54.1 Å². The van der Waals surface area contributed by atoms with Crippen molar-refractivity contribution < 1.29 is 22.1 Å². The largest absolute Gasteiger partial charge is 0.497 e. The second-order valence-corrected chi connectivity index (χ2v) is 7.14. The summed E-state index contributed by atoms with van der Waals surface area (Å²) in [5, 5.41) is 0. The van der Waals surface area contributed by atoms with E-state index in [-0.39, 0.29) is 10.6 Å². The first-order valence-electron chi connectivity index (χ1n) is 8.15. The maximum atomic E-state index is 12.6. The average molecular weight is 374 g/mol. The molecule has 0 aliphatic heterocycles. The summed E-state index contributed by atoms with van der Waals surface area (Å²) in [5.41, 5.74) is 1.17. The Morgan fingerprint density at radius 1 is 1.08 bits per heavy atom. The summed E-state index contributed by atoms with van der Waals surface area (Å²) >= 11 is 0. The van der Waals surface area contributed by atoms with E-state index in [2.05, 4.69) is 5.92 Å². The summed E-state index contributed by atoms with van der Waals surface area (Å²) < 4.78 is 40.6. The molecule has 5 nitrogen and oxygen atoms in total. The molecule has 0 aliphatic rings. The van der Waals surface area contributed by atoms with E-state index in [1.54, 1.807) is 0 Å². The first-order valence-corrected chi connectivity index (χ1v) is 9.56. The molecule has 0 fully saturated rings. The van der Waals surface area contributed by atoms with Crippen LogP contribution in [0.4, 0.5) is 0 Å². The molecule has 0 radical (unpaired) electrons. The Kier molecular flexibility index (Phi) is 7.07. The molecule has 0 N–H and O–H groups in total. The van der Waals surface area contributed by atoms with Gasteiger partial charge in [-0.05, 0) is 37.0 Å². The molecule has 0 saturated carbocycles. The number of aryl methyl sites for hydroxylation is 1. The number of rotatable bonds is 9. The SMILES string of the molecule is C#CC(CCCc1ccccc1)OS(=O)(=O)c1ccc(OC)cc1OC. The number of terminal acetylenes is 1. The van der Waals surface area contributed by atoms with Crippen LogP contribution in [0.15, 0.2) is 53.4 Å². The molecule has 0 heterocycles. The molecule has 6 heteroatoms. The highest BCUT2D eigenvalue weighted by molar-refractivity contribution is 7.86. The molecular formula is C20H22O5S. The lowest BCUT2D eigenvalue weighted by Crippen LogP contribution is -2.18. The number of ether oxygens (including phenoxy) is 2. The van der Waals surface area contributed by atoms with Gasteiger partial charge in [-0.2, -0.15) is 8.42 Å². The van der Waals surface area contributed by atoms with Crippen molar-refractivity contribution in [3.63, 3.8) is 0 Å². The van der Waals surface area contributed by atoms with Crippen LogP contribution >= 0.6 is 0 Å². The van der Waals surface area contributed by atoms with Gasteiger partial charge in [0.15, 0.2) is 0 Å². The molecule has 138 valence electrons. The van der Waals surface area contributed by atoms with Crippen molar-refractivity contribution in [3.8, 4) is 23.8 Å². The van der Waals surface area contributed by atoms with Gasteiger partial charge in [0.1, 0.15) is 22.5 Å².